The third-order valence-electron chi connectivity index (χ3n) is 2.63. The summed E-state index contributed by atoms with van der Waals surface area (Å²) in [6, 6.07) is 3.65. The quantitative estimate of drug-likeness (QED) is 0.592. The Morgan fingerprint density at radius 2 is 1.70 bits per heavy atom. The number of nitrogens with one attached hydrogen (secondary N) is 2. The summed E-state index contributed by atoms with van der Waals surface area (Å²) in [4.78, 5) is 0. The average molecular weight is 296 g/mol. The Balaban J connectivity index is 2.82. The average Bonchev–Trinajstić information content (AvgIpc) is 2.49. The fourth-order valence-electron chi connectivity index (χ4n) is 1.63. The van der Waals surface area contributed by atoms with E-state index in [-0.39, 0.29) is 0 Å². The molecule has 20 heavy (non-hydrogen) atoms. The number of thiocarbonyl (C=S) groups is 1. The molecule has 0 aliphatic rings. The van der Waals surface area contributed by atoms with Gasteiger partial charge in [0, 0.05) is 24.7 Å². The smallest absolute Gasteiger partial charge is 0.166 e. The van der Waals surface area contributed by atoms with Gasteiger partial charge in [-0.3, -0.25) is 0 Å². The van der Waals surface area contributed by atoms with E-state index in [4.69, 9.17) is 26.4 Å². The van der Waals surface area contributed by atoms with Crippen molar-refractivity contribution in [2.24, 2.45) is 0 Å². The fourth-order valence-corrected chi connectivity index (χ4v) is 1.79. The molecule has 0 heterocycles. The minimum Gasteiger partial charge on any atom is -0.496 e. The standard InChI is InChI=1S/C14H20N2O3S/c1-5-6-15-14(20)16-9-10-7-12(18-3)13(19-4)8-11(10)17-2/h5,7-8H,1,6,9H2,2-4H3,(H2,15,16,20). The second-order valence-electron chi connectivity index (χ2n) is 3.87. The minimum absolute atomic E-state index is 0.520. The molecular formula is C14H20N2O3S. The third-order valence-corrected chi connectivity index (χ3v) is 2.92. The molecule has 0 radical (unpaired) electrons. The van der Waals surface area contributed by atoms with Crippen molar-refractivity contribution < 1.29 is 14.2 Å². The van der Waals surface area contributed by atoms with E-state index in [1.165, 1.54) is 0 Å². The zero-order chi connectivity index (χ0) is 15.0. The molecule has 0 aliphatic carbocycles. The lowest BCUT2D eigenvalue weighted by molar-refractivity contribution is 0.347. The summed E-state index contributed by atoms with van der Waals surface area (Å²) in [5.74, 6) is 1.98. The van der Waals surface area contributed by atoms with Crippen LogP contribution in [-0.4, -0.2) is 33.0 Å². The Morgan fingerprint density at radius 1 is 1.10 bits per heavy atom. The van der Waals surface area contributed by atoms with Crippen molar-refractivity contribution in [2.75, 3.05) is 27.9 Å². The molecule has 0 saturated carbocycles. The lowest BCUT2D eigenvalue weighted by atomic mass is 10.1. The van der Waals surface area contributed by atoms with Crippen LogP contribution in [0.25, 0.3) is 0 Å². The first-order chi connectivity index (χ1) is 9.65. The SMILES string of the molecule is C=CCNC(=S)NCc1cc(OC)c(OC)cc1OC. The molecular weight excluding hydrogens is 276 g/mol. The van der Waals surface area contributed by atoms with Crippen molar-refractivity contribution in [3.8, 4) is 17.2 Å². The Kier molecular flexibility index (Phi) is 6.66. The second-order valence-corrected chi connectivity index (χ2v) is 4.28. The Labute approximate surface area is 124 Å². The van der Waals surface area contributed by atoms with Crippen LogP contribution in [0, 0.1) is 0 Å². The topological polar surface area (TPSA) is 51.8 Å². The van der Waals surface area contributed by atoms with Gasteiger partial charge in [0.05, 0.1) is 21.3 Å². The van der Waals surface area contributed by atoms with Crippen LogP contribution in [0.4, 0.5) is 0 Å². The van der Waals surface area contributed by atoms with Crippen molar-refractivity contribution in [1.82, 2.24) is 10.6 Å². The number of rotatable bonds is 7. The number of hydrogen-bond acceptors (Lipinski definition) is 4. The Morgan fingerprint density at radius 3 is 2.25 bits per heavy atom. The van der Waals surface area contributed by atoms with Crippen LogP contribution < -0.4 is 24.8 Å². The van der Waals surface area contributed by atoms with E-state index < -0.39 is 0 Å². The van der Waals surface area contributed by atoms with Gasteiger partial charge in [0.2, 0.25) is 0 Å². The van der Waals surface area contributed by atoms with Crippen LogP contribution in [0.2, 0.25) is 0 Å². The normalized spacial score (nSPS) is 9.55. The van der Waals surface area contributed by atoms with Crippen molar-refractivity contribution in [3.63, 3.8) is 0 Å². The van der Waals surface area contributed by atoms with Gasteiger partial charge in [-0.1, -0.05) is 6.08 Å². The van der Waals surface area contributed by atoms with Gasteiger partial charge >= 0.3 is 0 Å². The summed E-state index contributed by atoms with van der Waals surface area (Å²) >= 11 is 5.14. The summed E-state index contributed by atoms with van der Waals surface area (Å²) < 4.78 is 15.9. The van der Waals surface area contributed by atoms with Crippen LogP contribution in [-0.2, 0) is 6.54 Å². The molecule has 0 bridgehead atoms. The van der Waals surface area contributed by atoms with Crippen molar-refractivity contribution in [2.45, 2.75) is 6.54 Å². The van der Waals surface area contributed by atoms with Gasteiger partial charge in [-0.05, 0) is 18.3 Å². The monoisotopic (exact) mass is 296 g/mol. The zero-order valence-electron chi connectivity index (χ0n) is 12.0. The predicted octanol–water partition coefficient (Wildman–Crippen LogP) is 1.86. The maximum Gasteiger partial charge on any atom is 0.166 e. The van der Waals surface area contributed by atoms with Crippen LogP contribution in [0.1, 0.15) is 5.56 Å². The highest BCUT2D eigenvalue weighted by molar-refractivity contribution is 7.80. The van der Waals surface area contributed by atoms with Gasteiger partial charge in [0.1, 0.15) is 5.75 Å². The van der Waals surface area contributed by atoms with E-state index in [9.17, 15) is 0 Å². The molecule has 0 amide bonds. The molecule has 0 unspecified atom stereocenters. The largest absolute Gasteiger partial charge is 0.496 e. The van der Waals surface area contributed by atoms with Crippen LogP contribution in [0.15, 0.2) is 24.8 Å². The first kappa shape index (κ1) is 16.1. The van der Waals surface area contributed by atoms with E-state index in [2.05, 4.69) is 17.2 Å². The Bertz CT molecular complexity index is 478. The maximum atomic E-state index is 5.35. The highest BCUT2D eigenvalue weighted by atomic mass is 32.1. The molecule has 0 aliphatic heterocycles. The molecule has 1 rings (SSSR count). The molecule has 0 saturated heterocycles. The van der Waals surface area contributed by atoms with E-state index in [0.717, 1.165) is 5.56 Å². The molecule has 1 aromatic rings. The van der Waals surface area contributed by atoms with Crippen molar-refractivity contribution in [1.29, 1.82) is 0 Å². The summed E-state index contributed by atoms with van der Waals surface area (Å²) in [6.07, 6.45) is 1.74. The van der Waals surface area contributed by atoms with Crippen LogP contribution in [0.3, 0.4) is 0 Å². The first-order valence-electron chi connectivity index (χ1n) is 6.07. The zero-order valence-corrected chi connectivity index (χ0v) is 12.8. The molecule has 5 nitrogen and oxygen atoms in total. The van der Waals surface area contributed by atoms with Crippen molar-refractivity contribution >= 4 is 17.3 Å². The number of benzene rings is 1. The molecule has 110 valence electrons. The van der Waals surface area contributed by atoms with Crippen LogP contribution in [0.5, 0.6) is 17.2 Å². The highest BCUT2D eigenvalue weighted by Crippen LogP contribution is 2.34. The highest BCUT2D eigenvalue weighted by Gasteiger charge is 2.11. The van der Waals surface area contributed by atoms with Crippen molar-refractivity contribution in [3.05, 3.63) is 30.4 Å². The molecule has 0 spiro atoms. The van der Waals surface area contributed by atoms with Gasteiger partial charge in [-0.15, -0.1) is 6.58 Å². The number of methoxy groups -OCH3 is 3. The number of ether oxygens (including phenoxy) is 3. The summed E-state index contributed by atoms with van der Waals surface area (Å²) in [5.41, 5.74) is 0.924. The fraction of sp³-hybridized carbons (Fsp3) is 0.357. The second kappa shape index (κ2) is 8.27. The third kappa shape index (κ3) is 4.31. The van der Waals surface area contributed by atoms with Gasteiger partial charge in [-0.25, -0.2) is 0 Å². The maximum absolute atomic E-state index is 5.35. The van der Waals surface area contributed by atoms with E-state index in [1.54, 1.807) is 33.5 Å². The molecule has 2 N–H and O–H groups in total. The molecule has 6 heteroatoms. The van der Waals surface area contributed by atoms with Gasteiger partial charge in [0.25, 0.3) is 0 Å². The van der Waals surface area contributed by atoms with Gasteiger partial charge in [-0.2, -0.15) is 0 Å². The molecule has 1 aromatic carbocycles. The van der Waals surface area contributed by atoms with E-state index in [1.807, 2.05) is 6.07 Å². The summed E-state index contributed by atoms with van der Waals surface area (Å²) in [7, 11) is 4.79. The molecule has 0 atom stereocenters. The predicted molar refractivity (Wildman–Crippen MR) is 83.7 cm³/mol. The minimum atomic E-state index is 0.520. The first-order valence-corrected chi connectivity index (χ1v) is 6.48. The lowest BCUT2D eigenvalue weighted by Gasteiger charge is -2.15. The van der Waals surface area contributed by atoms with E-state index >= 15 is 0 Å². The number of hydrogen-bond donors (Lipinski definition) is 2. The summed E-state index contributed by atoms with van der Waals surface area (Å²) in [6.45, 7) is 4.76. The lowest BCUT2D eigenvalue weighted by Crippen LogP contribution is -2.34. The van der Waals surface area contributed by atoms with Crippen LogP contribution >= 0.6 is 12.2 Å². The Hall–Kier alpha value is -1.95. The molecule has 0 fully saturated rings. The van der Waals surface area contributed by atoms with E-state index in [0.29, 0.717) is 35.5 Å². The molecule has 0 aromatic heterocycles. The summed E-state index contributed by atoms with van der Waals surface area (Å²) in [5, 5.41) is 6.65. The van der Waals surface area contributed by atoms with Gasteiger partial charge in [0.15, 0.2) is 16.6 Å². The van der Waals surface area contributed by atoms with Gasteiger partial charge < -0.3 is 24.8 Å².